The van der Waals surface area contributed by atoms with Gasteiger partial charge >= 0.3 is 5.97 Å². The van der Waals surface area contributed by atoms with E-state index in [1.165, 1.54) is 12.4 Å². The molecule has 21 heavy (non-hydrogen) atoms. The predicted octanol–water partition coefficient (Wildman–Crippen LogP) is 1.94. The SMILES string of the molecule is Cc1cc(C)cc(C(O)CNc2cnc(C(=O)O)cn2)c1. The lowest BCUT2D eigenvalue weighted by Crippen LogP contribution is -2.14. The van der Waals surface area contributed by atoms with E-state index in [-0.39, 0.29) is 12.2 Å². The molecule has 1 heterocycles. The number of nitrogens with one attached hydrogen (secondary N) is 1. The number of aliphatic hydroxyl groups is 1. The van der Waals surface area contributed by atoms with Gasteiger partial charge in [0.15, 0.2) is 5.69 Å². The van der Waals surface area contributed by atoms with Gasteiger partial charge in [0.1, 0.15) is 5.82 Å². The average Bonchev–Trinajstić information content (AvgIpc) is 2.44. The van der Waals surface area contributed by atoms with E-state index in [9.17, 15) is 9.90 Å². The average molecular weight is 287 g/mol. The fourth-order valence-corrected chi connectivity index (χ4v) is 2.05. The van der Waals surface area contributed by atoms with E-state index < -0.39 is 12.1 Å². The molecule has 1 atom stereocenters. The number of carboxylic acids is 1. The Labute approximate surface area is 122 Å². The molecule has 0 spiro atoms. The van der Waals surface area contributed by atoms with Crippen molar-refractivity contribution >= 4 is 11.8 Å². The minimum absolute atomic E-state index is 0.115. The number of aryl methyl sites for hydroxylation is 2. The first-order valence-electron chi connectivity index (χ1n) is 6.51. The predicted molar refractivity (Wildman–Crippen MR) is 78.4 cm³/mol. The standard InChI is InChI=1S/C15H17N3O3/c1-9-3-10(2)5-11(4-9)13(19)7-18-14-8-16-12(6-17-14)15(20)21/h3-6,8,13,19H,7H2,1-2H3,(H,17,18)(H,20,21). The van der Waals surface area contributed by atoms with Gasteiger partial charge in [0.2, 0.25) is 0 Å². The summed E-state index contributed by atoms with van der Waals surface area (Å²) >= 11 is 0. The third-order valence-electron chi connectivity index (χ3n) is 2.98. The molecule has 0 aliphatic heterocycles. The number of anilines is 1. The van der Waals surface area contributed by atoms with Crippen LogP contribution in [0.1, 0.15) is 33.3 Å². The summed E-state index contributed by atoms with van der Waals surface area (Å²) in [4.78, 5) is 18.4. The molecule has 3 N–H and O–H groups in total. The van der Waals surface area contributed by atoms with Crippen molar-refractivity contribution in [3.63, 3.8) is 0 Å². The molecule has 6 heteroatoms. The van der Waals surface area contributed by atoms with Crippen LogP contribution in [0.15, 0.2) is 30.6 Å². The van der Waals surface area contributed by atoms with Crippen LogP contribution in [-0.2, 0) is 0 Å². The van der Waals surface area contributed by atoms with Crippen molar-refractivity contribution in [2.24, 2.45) is 0 Å². The molecular weight excluding hydrogens is 270 g/mol. The van der Waals surface area contributed by atoms with Crippen molar-refractivity contribution in [3.05, 3.63) is 53.0 Å². The lowest BCUT2D eigenvalue weighted by atomic mass is 10.0. The molecule has 0 saturated carbocycles. The summed E-state index contributed by atoms with van der Waals surface area (Å²) in [6.07, 6.45) is 1.83. The van der Waals surface area contributed by atoms with Crippen molar-refractivity contribution in [1.82, 2.24) is 9.97 Å². The second kappa shape index (κ2) is 6.32. The van der Waals surface area contributed by atoms with E-state index in [1.807, 2.05) is 32.0 Å². The molecule has 0 aliphatic rings. The third kappa shape index (κ3) is 4.00. The van der Waals surface area contributed by atoms with Gasteiger partial charge in [0, 0.05) is 6.54 Å². The number of aromatic nitrogens is 2. The second-order valence-electron chi connectivity index (χ2n) is 4.91. The first-order valence-corrected chi connectivity index (χ1v) is 6.51. The molecule has 110 valence electrons. The summed E-state index contributed by atoms with van der Waals surface area (Å²) in [5.41, 5.74) is 2.90. The largest absolute Gasteiger partial charge is 0.476 e. The molecule has 1 aromatic heterocycles. The lowest BCUT2D eigenvalue weighted by molar-refractivity contribution is 0.0690. The number of hydrogen-bond donors (Lipinski definition) is 3. The van der Waals surface area contributed by atoms with Gasteiger partial charge in [-0.3, -0.25) is 0 Å². The highest BCUT2D eigenvalue weighted by Crippen LogP contribution is 2.17. The molecule has 0 fully saturated rings. The molecule has 6 nitrogen and oxygen atoms in total. The Morgan fingerprint density at radius 1 is 1.19 bits per heavy atom. The fraction of sp³-hybridized carbons (Fsp3) is 0.267. The normalized spacial score (nSPS) is 12.0. The van der Waals surface area contributed by atoms with E-state index in [0.29, 0.717) is 5.82 Å². The second-order valence-corrected chi connectivity index (χ2v) is 4.91. The van der Waals surface area contributed by atoms with Crippen LogP contribution >= 0.6 is 0 Å². The summed E-state index contributed by atoms with van der Waals surface area (Å²) in [5, 5.41) is 21.8. The third-order valence-corrected chi connectivity index (χ3v) is 2.98. The van der Waals surface area contributed by atoms with Gasteiger partial charge in [0.25, 0.3) is 0 Å². The van der Waals surface area contributed by atoms with E-state index in [2.05, 4.69) is 15.3 Å². The van der Waals surface area contributed by atoms with E-state index in [0.717, 1.165) is 16.7 Å². The number of aliphatic hydroxyl groups excluding tert-OH is 1. The van der Waals surface area contributed by atoms with Crippen LogP contribution in [0, 0.1) is 13.8 Å². The van der Waals surface area contributed by atoms with E-state index >= 15 is 0 Å². The topological polar surface area (TPSA) is 95.3 Å². The Kier molecular flexibility index (Phi) is 4.49. The summed E-state index contributed by atoms with van der Waals surface area (Å²) in [5.74, 6) is -0.701. The highest BCUT2D eigenvalue weighted by Gasteiger charge is 2.10. The van der Waals surface area contributed by atoms with Crippen molar-refractivity contribution in [2.45, 2.75) is 20.0 Å². The van der Waals surface area contributed by atoms with Crippen molar-refractivity contribution in [3.8, 4) is 0 Å². The lowest BCUT2D eigenvalue weighted by Gasteiger charge is -2.14. The van der Waals surface area contributed by atoms with Gasteiger partial charge in [0.05, 0.1) is 18.5 Å². The van der Waals surface area contributed by atoms with Gasteiger partial charge in [-0.25, -0.2) is 14.8 Å². The zero-order valence-corrected chi connectivity index (χ0v) is 11.9. The minimum atomic E-state index is -1.12. The highest BCUT2D eigenvalue weighted by atomic mass is 16.4. The Morgan fingerprint density at radius 2 is 1.86 bits per heavy atom. The van der Waals surface area contributed by atoms with Crippen LogP contribution in [0.2, 0.25) is 0 Å². The smallest absolute Gasteiger partial charge is 0.356 e. The van der Waals surface area contributed by atoms with Crippen LogP contribution in [0.4, 0.5) is 5.82 Å². The quantitative estimate of drug-likeness (QED) is 0.778. The Bertz CT molecular complexity index is 621. The number of nitrogens with zero attached hydrogens (tertiary/aromatic N) is 2. The van der Waals surface area contributed by atoms with Gasteiger partial charge in [-0.2, -0.15) is 0 Å². The maximum atomic E-state index is 10.7. The number of rotatable bonds is 5. The maximum absolute atomic E-state index is 10.7. The maximum Gasteiger partial charge on any atom is 0.356 e. The molecule has 1 aromatic carbocycles. The van der Waals surface area contributed by atoms with Crippen LogP contribution in [0.3, 0.4) is 0 Å². The summed E-state index contributed by atoms with van der Waals surface area (Å²) in [6.45, 7) is 4.23. The highest BCUT2D eigenvalue weighted by molar-refractivity contribution is 5.84. The van der Waals surface area contributed by atoms with E-state index in [1.54, 1.807) is 0 Å². The monoisotopic (exact) mass is 287 g/mol. The van der Waals surface area contributed by atoms with Crippen LogP contribution in [-0.4, -0.2) is 32.7 Å². The number of carboxylic acid groups (broad SMARTS) is 1. The van der Waals surface area contributed by atoms with Gasteiger partial charge in [-0.05, 0) is 19.4 Å². The first kappa shape index (κ1) is 14.9. The molecule has 0 radical (unpaired) electrons. The minimum Gasteiger partial charge on any atom is -0.476 e. The zero-order valence-electron chi connectivity index (χ0n) is 11.9. The number of carbonyl (C=O) groups is 1. The van der Waals surface area contributed by atoms with Crippen LogP contribution in [0.5, 0.6) is 0 Å². The fourth-order valence-electron chi connectivity index (χ4n) is 2.05. The molecular formula is C15H17N3O3. The number of hydrogen-bond acceptors (Lipinski definition) is 5. The number of aromatic carboxylic acids is 1. The molecule has 0 saturated heterocycles. The summed E-state index contributed by atoms with van der Waals surface area (Å²) in [6, 6.07) is 5.90. The summed E-state index contributed by atoms with van der Waals surface area (Å²) < 4.78 is 0. The Balaban J connectivity index is 2.00. The van der Waals surface area contributed by atoms with E-state index in [4.69, 9.17) is 5.11 Å². The summed E-state index contributed by atoms with van der Waals surface area (Å²) in [7, 11) is 0. The Hall–Kier alpha value is -2.47. The van der Waals surface area contributed by atoms with Crippen LogP contribution < -0.4 is 5.32 Å². The van der Waals surface area contributed by atoms with Gasteiger partial charge in [-0.1, -0.05) is 29.3 Å². The van der Waals surface area contributed by atoms with Gasteiger partial charge in [-0.15, -0.1) is 0 Å². The molecule has 2 aromatic rings. The van der Waals surface area contributed by atoms with Crippen molar-refractivity contribution in [1.29, 1.82) is 0 Å². The first-order chi connectivity index (χ1) is 9.95. The molecule has 2 rings (SSSR count). The molecule has 1 unspecified atom stereocenters. The van der Waals surface area contributed by atoms with Gasteiger partial charge < -0.3 is 15.5 Å². The van der Waals surface area contributed by atoms with Crippen LogP contribution in [0.25, 0.3) is 0 Å². The van der Waals surface area contributed by atoms with Crippen molar-refractivity contribution in [2.75, 3.05) is 11.9 Å². The molecule has 0 bridgehead atoms. The molecule has 0 amide bonds. The van der Waals surface area contributed by atoms with Crippen molar-refractivity contribution < 1.29 is 15.0 Å². The number of benzene rings is 1. The molecule has 0 aliphatic carbocycles. The Morgan fingerprint density at radius 3 is 2.38 bits per heavy atom. The zero-order chi connectivity index (χ0) is 15.4.